The SMILES string of the molecule is Cc1nc(C(=O)O)nc(OCc2cccc(F)c2)c1Cc1ccccc1Cl. The third-order valence-corrected chi connectivity index (χ3v) is 4.33. The van der Waals surface area contributed by atoms with Gasteiger partial charge >= 0.3 is 5.97 Å². The highest BCUT2D eigenvalue weighted by atomic mass is 35.5. The molecule has 0 aliphatic rings. The van der Waals surface area contributed by atoms with Gasteiger partial charge in [-0.25, -0.2) is 14.2 Å². The molecule has 3 rings (SSSR count). The topological polar surface area (TPSA) is 72.3 Å². The number of aryl methyl sites for hydroxylation is 1. The Bertz CT molecular complexity index is 995. The van der Waals surface area contributed by atoms with Crippen LogP contribution in [0, 0.1) is 12.7 Å². The van der Waals surface area contributed by atoms with Gasteiger partial charge in [-0.1, -0.05) is 41.9 Å². The first-order chi connectivity index (χ1) is 12.9. The van der Waals surface area contributed by atoms with Crippen molar-refractivity contribution in [3.8, 4) is 5.88 Å². The lowest BCUT2D eigenvalue weighted by Crippen LogP contribution is -2.12. The summed E-state index contributed by atoms with van der Waals surface area (Å²) >= 11 is 6.23. The van der Waals surface area contributed by atoms with Gasteiger partial charge in [0.25, 0.3) is 0 Å². The molecule has 138 valence electrons. The van der Waals surface area contributed by atoms with Crippen LogP contribution in [0.15, 0.2) is 48.5 Å². The first-order valence-electron chi connectivity index (χ1n) is 8.15. The maximum Gasteiger partial charge on any atom is 0.374 e. The number of carboxylic acid groups (broad SMARTS) is 1. The predicted molar refractivity (Wildman–Crippen MR) is 98.7 cm³/mol. The summed E-state index contributed by atoms with van der Waals surface area (Å²) in [4.78, 5) is 19.4. The zero-order chi connectivity index (χ0) is 19.4. The van der Waals surface area contributed by atoms with Crippen molar-refractivity contribution in [3.05, 3.63) is 87.6 Å². The van der Waals surface area contributed by atoms with Crippen LogP contribution < -0.4 is 4.74 Å². The molecule has 3 aromatic rings. The van der Waals surface area contributed by atoms with Crippen molar-refractivity contribution in [2.45, 2.75) is 20.0 Å². The van der Waals surface area contributed by atoms with E-state index in [9.17, 15) is 14.3 Å². The summed E-state index contributed by atoms with van der Waals surface area (Å²) in [6.07, 6.45) is 0.379. The third-order valence-electron chi connectivity index (χ3n) is 3.96. The number of hydrogen-bond acceptors (Lipinski definition) is 4. The number of benzene rings is 2. The lowest BCUT2D eigenvalue weighted by molar-refractivity contribution is 0.0681. The molecule has 1 aromatic heterocycles. The zero-order valence-electron chi connectivity index (χ0n) is 14.4. The van der Waals surface area contributed by atoms with E-state index in [0.29, 0.717) is 28.3 Å². The molecule has 0 saturated heterocycles. The second kappa shape index (κ2) is 8.14. The average Bonchev–Trinajstić information content (AvgIpc) is 2.63. The number of ether oxygens (including phenoxy) is 1. The molecule has 2 aromatic carbocycles. The highest BCUT2D eigenvalue weighted by Gasteiger charge is 2.18. The van der Waals surface area contributed by atoms with Gasteiger partial charge < -0.3 is 9.84 Å². The van der Waals surface area contributed by atoms with E-state index in [0.717, 1.165) is 5.56 Å². The van der Waals surface area contributed by atoms with Gasteiger partial charge in [0, 0.05) is 22.7 Å². The molecular weight excluding hydrogens is 371 g/mol. The van der Waals surface area contributed by atoms with Crippen LogP contribution in [-0.2, 0) is 13.0 Å². The van der Waals surface area contributed by atoms with E-state index >= 15 is 0 Å². The summed E-state index contributed by atoms with van der Waals surface area (Å²) in [6, 6.07) is 13.3. The van der Waals surface area contributed by atoms with Crippen molar-refractivity contribution in [2.75, 3.05) is 0 Å². The number of hydrogen-bond donors (Lipinski definition) is 1. The molecule has 0 aliphatic carbocycles. The fourth-order valence-electron chi connectivity index (χ4n) is 2.60. The van der Waals surface area contributed by atoms with Crippen LogP contribution in [0.5, 0.6) is 5.88 Å². The molecule has 1 heterocycles. The van der Waals surface area contributed by atoms with E-state index in [1.807, 2.05) is 18.2 Å². The molecule has 0 atom stereocenters. The largest absolute Gasteiger partial charge is 0.475 e. The molecule has 0 saturated carbocycles. The Morgan fingerprint density at radius 3 is 2.67 bits per heavy atom. The molecule has 27 heavy (non-hydrogen) atoms. The van der Waals surface area contributed by atoms with E-state index in [4.69, 9.17) is 16.3 Å². The molecule has 1 N–H and O–H groups in total. The van der Waals surface area contributed by atoms with Crippen LogP contribution in [0.4, 0.5) is 4.39 Å². The maximum atomic E-state index is 13.4. The molecule has 0 spiro atoms. The van der Waals surface area contributed by atoms with Crippen LogP contribution in [-0.4, -0.2) is 21.0 Å². The first kappa shape index (κ1) is 18.8. The molecule has 0 amide bonds. The minimum absolute atomic E-state index is 0.0444. The van der Waals surface area contributed by atoms with E-state index in [-0.39, 0.29) is 24.1 Å². The number of rotatable bonds is 6. The van der Waals surface area contributed by atoms with Crippen molar-refractivity contribution in [1.82, 2.24) is 9.97 Å². The van der Waals surface area contributed by atoms with Crippen LogP contribution in [0.3, 0.4) is 0 Å². The van der Waals surface area contributed by atoms with Crippen LogP contribution in [0.25, 0.3) is 0 Å². The number of aromatic nitrogens is 2. The van der Waals surface area contributed by atoms with Crippen molar-refractivity contribution < 1.29 is 19.0 Å². The van der Waals surface area contributed by atoms with Gasteiger partial charge in [-0.3, -0.25) is 0 Å². The summed E-state index contributed by atoms with van der Waals surface area (Å²) < 4.78 is 19.1. The van der Waals surface area contributed by atoms with Gasteiger partial charge in [0.15, 0.2) is 0 Å². The van der Waals surface area contributed by atoms with E-state index in [1.54, 1.807) is 25.1 Å². The standard InChI is InChI=1S/C20H16ClFN2O3/c1-12-16(10-14-6-2-3-8-17(14)21)19(24-18(23-12)20(25)26)27-11-13-5-4-7-15(22)9-13/h2-9H,10-11H2,1H3,(H,25,26). The first-order valence-corrected chi connectivity index (χ1v) is 8.53. The van der Waals surface area contributed by atoms with Gasteiger partial charge in [0.05, 0.1) is 0 Å². The Morgan fingerprint density at radius 2 is 1.96 bits per heavy atom. The Labute approximate surface area is 160 Å². The van der Waals surface area contributed by atoms with E-state index in [1.165, 1.54) is 12.1 Å². The summed E-state index contributed by atoms with van der Waals surface area (Å²) in [7, 11) is 0. The number of halogens is 2. The average molecular weight is 387 g/mol. The molecule has 7 heteroatoms. The van der Waals surface area contributed by atoms with Gasteiger partial charge in [-0.15, -0.1) is 0 Å². The minimum Gasteiger partial charge on any atom is -0.475 e. The highest BCUT2D eigenvalue weighted by Crippen LogP contribution is 2.26. The number of nitrogens with zero attached hydrogens (tertiary/aromatic N) is 2. The number of aromatic carboxylic acids is 1. The van der Waals surface area contributed by atoms with Gasteiger partial charge in [0.1, 0.15) is 12.4 Å². The van der Waals surface area contributed by atoms with Crippen LogP contribution in [0.2, 0.25) is 5.02 Å². The monoisotopic (exact) mass is 386 g/mol. The van der Waals surface area contributed by atoms with Crippen molar-refractivity contribution >= 4 is 17.6 Å². The predicted octanol–water partition coefficient (Wildman–Crippen LogP) is 4.45. The normalized spacial score (nSPS) is 10.6. The van der Waals surface area contributed by atoms with Crippen molar-refractivity contribution in [3.63, 3.8) is 0 Å². The fourth-order valence-corrected chi connectivity index (χ4v) is 2.80. The third kappa shape index (κ3) is 4.60. The van der Waals surface area contributed by atoms with Crippen molar-refractivity contribution in [1.29, 1.82) is 0 Å². The van der Waals surface area contributed by atoms with Crippen LogP contribution in [0.1, 0.15) is 33.0 Å². The summed E-state index contributed by atoms with van der Waals surface area (Å²) in [5.41, 5.74) is 2.55. The maximum absolute atomic E-state index is 13.4. The molecular formula is C20H16ClFN2O3. The lowest BCUT2D eigenvalue weighted by atomic mass is 10.0. The fraction of sp³-hybridized carbons (Fsp3) is 0.150. The van der Waals surface area contributed by atoms with Gasteiger partial charge in [-0.2, -0.15) is 4.98 Å². The van der Waals surface area contributed by atoms with E-state index < -0.39 is 5.97 Å². The summed E-state index contributed by atoms with van der Waals surface area (Å²) in [6.45, 7) is 1.73. The van der Waals surface area contributed by atoms with Gasteiger partial charge in [-0.05, 0) is 36.2 Å². The Morgan fingerprint density at radius 1 is 1.19 bits per heavy atom. The summed E-state index contributed by atoms with van der Waals surface area (Å²) in [5.74, 6) is -1.84. The highest BCUT2D eigenvalue weighted by molar-refractivity contribution is 6.31. The Balaban J connectivity index is 1.96. The quantitative estimate of drug-likeness (QED) is 0.677. The van der Waals surface area contributed by atoms with E-state index in [2.05, 4.69) is 9.97 Å². The molecule has 0 unspecified atom stereocenters. The lowest BCUT2D eigenvalue weighted by Gasteiger charge is -2.14. The van der Waals surface area contributed by atoms with Gasteiger partial charge in [0.2, 0.25) is 11.7 Å². The summed E-state index contributed by atoms with van der Waals surface area (Å²) in [5, 5.41) is 9.81. The number of carbonyl (C=O) groups is 1. The van der Waals surface area contributed by atoms with Crippen LogP contribution >= 0.6 is 11.6 Å². The Kier molecular flexibility index (Phi) is 5.66. The zero-order valence-corrected chi connectivity index (χ0v) is 15.2. The van der Waals surface area contributed by atoms with Crippen molar-refractivity contribution in [2.24, 2.45) is 0 Å². The number of carboxylic acids is 1. The molecule has 5 nitrogen and oxygen atoms in total. The molecule has 0 aliphatic heterocycles. The molecule has 0 radical (unpaired) electrons. The second-order valence-electron chi connectivity index (χ2n) is 5.91. The molecule has 0 bridgehead atoms. The minimum atomic E-state index is -1.25. The Hall–Kier alpha value is -2.99. The molecule has 0 fully saturated rings. The second-order valence-corrected chi connectivity index (χ2v) is 6.32. The smallest absolute Gasteiger partial charge is 0.374 e.